The van der Waals surface area contributed by atoms with Gasteiger partial charge in [0.15, 0.2) is 0 Å². The first-order valence-electron chi connectivity index (χ1n) is 3.61. The van der Waals surface area contributed by atoms with Crippen LogP contribution in [0.5, 0.6) is 0 Å². The molecule has 0 aromatic carbocycles. The lowest BCUT2D eigenvalue weighted by molar-refractivity contribution is -0.134. The summed E-state index contributed by atoms with van der Waals surface area (Å²) in [6.07, 6.45) is 2.57. The zero-order valence-corrected chi connectivity index (χ0v) is 7.03. The Labute approximate surface area is 74.9 Å². The van der Waals surface area contributed by atoms with Crippen LogP contribution in [0.2, 0.25) is 0 Å². The Kier molecular flexibility index (Phi) is 3.14. The number of hydrogen-bond donors (Lipinski definition) is 0. The Morgan fingerprint density at radius 3 is 3.00 bits per heavy atom. The van der Waals surface area contributed by atoms with Gasteiger partial charge in [0.2, 0.25) is 5.95 Å². The minimum Gasteiger partial charge on any atom is -0.466 e. The molecular weight excluding hydrogens is 173 g/mol. The van der Waals surface area contributed by atoms with Crippen molar-refractivity contribution < 1.29 is 13.9 Å². The van der Waals surface area contributed by atoms with Gasteiger partial charge in [0.1, 0.15) is 0 Å². The molecule has 1 rings (SSSR count). The Balaban J connectivity index is 2.74. The molecule has 0 saturated carbocycles. The maximum atomic E-state index is 12.5. The standard InChI is InChI=1S/C9H8FNO2/c1-13-9(12)6-5-7-3-2-4-8(10)11-7/h2-6H,1H3. The largest absolute Gasteiger partial charge is 0.466 e. The van der Waals surface area contributed by atoms with E-state index in [2.05, 4.69) is 9.72 Å². The summed E-state index contributed by atoms with van der Waals surface area (Å²) < 4.78 is 16.9. The summed E-state index contributed by atoms with van der Waals surface area (Å²) in [5, 5.41) is 0. The number of rotatable bonds is 2. The van der Waals surface area contributed by atoms with Gasteiger partial charge in [0.25, 0.3) is 0 Å². The average Bonchev–Trinajstić information content (AvgIpc) is 2.14. The molecule has 1 aromatic rings. The Morgan fingerprint density at radius 1 is 1.62 bits per heavy atom. The van der Waals surface area contributed by atoms with E-state index in [4.69, 9.17) is 0 Å². The van der Waals surface area contributed by atoms with Gasteiger partial charge in [-0.15, -0.1) is 0 Å². The molecule has 3 nitrogen and oxygen atoms in total. The summed E-state index contributed by atoms with van der Waals surface area (Å²) in [7, 11) is 1.27. The van der Waals surface area contributed by atoms with Gasteiger partial charge < -0.3 is 4.74 Å². The number of methoxy groups -OCH3 is 1. The fourth-order valence-corrected chi connectivity index (χ4v) is 0.738. The highest BCUT2D eigenvalue weighted by molar-refractivity contribution is 5.86. The summed E-state index contributed by atoms with van der Waals surface area (Å²) in [4.78, 5) is 14.2. The minimum atomic E-state index is -0.577. The van der Waals surface area contributed by atoms with Gasteiger partial charge in [-0.2, -0.15) is 4.39 Å². The van der Waals surface area contributed by atoms with Crippen LogP contribution >= 0.6 is 0 Å². The molecule has 0 amide bonds. The molecule has 0 N–H and O–H groups in total. The topological polar surface area (TPSA) is 39.2 Å². The van der Waals surface area contributed by atoms with Crippen molar-refractivity contribution in [3.63, 3.8) is 0 Å². The van der Waals surface area contributed by atoms with Crippen molar-refractivity contribution in [1.82, 2.24) is 4.98 Å². The number of nitrogens with zero attached hydrogens (tertiary/aromatic N) is 1. The van der Waals surface area contributed by atoms with Crippen molar-refractivity contribution >= 4 is 12.0 Å². The van der Waals surface area contributed by atoms with Gasteiger partial charge in [-0.3, -0.25) is 0 Å². The number of pyridine rings is 1. The van der Waals surface area contributed by atoms with Crippen molar-refractivity contribution in [2.75, 3.05) is 7.11 Å². The molecule has 0 fully saturated rings. The van der Waals surface area contributed by atoms with Crippen molar-refractivity contribution in [2.24, 2.45) is 0 Å². The monoisotopic (exact) mass is 181 g/mol. The lowest BCUT2D eigenvalue weighted by Crippen LogP contribution is -1.94. The number of hydrogen-bond acceptors (Lipinski definition) is 3. The number of aromatic nitrogens is 1. The first-order valence-corrected chi connectivity index (χ1v) is 3.61. The van der Waals surface area contributed by atoms with E-state index >= 15 is 0 Å². The molecule has 68 valence electrons. The van der Waals surface area contributed by atoms with Crippen molar-refractivity contribution in [3.8, 4) is 0 Å². The third-order valence-corrected chi connectivity index (χ3v) is 1.33. The second-order valence-electron chi connectivity index (χ2n) is 2.24. The van der Waals surface area contributed by atoms with Crippen LogP contribution in [0.3, 0.4) is 0 Å². The summed E-state index contributed by atoms with van der Waals surface area (Å²) in [5.74, 6) is -1.07. The molecule has 0 bridgehead atoms. The highest BCUT2D eigenvalue weighted by atomic mass is 19.1. The fraction of sp³-hybridized carbons (Fsp3) is 0.111. The maximum absolute atomic E-state index is 12.5. The zero-order valence-electron chi connectivity index (χ0n) is 7.03. The summed E-state index contributed by atoms with van der Waals surface area (Å²) >= 11 is 0. The van der Waals surface area contributed by atoms with Crippen LogP contribution in [0.15, 0.2) is 24.3 Å². The average molecular weight is 181 g/mol. The SMILES string of the molecule is COC(=O)C=Cc1cccc(F)n1. The zero-order chi connectivity index (χ0) is 9.68. The minimum absolute atomic E-state index is 0.380. The van der Waals surface area contributed by atoms with E-state index in [1.54, 1.807) is 6.07 Å². The van der Waals surface area contributed by atoms with Crippen molar-refractivity contribution in [3.05, 3.63) is 35.9 Å². The van der Waals surface area contributed by atoms with Gasteiger partial charge in [-0.25, -0.2) is 9.78 Å². The third-order valence-electron chi connectivity index (χ3n) is 1.33. The molecule has 0 aliphatic rings. The third kappa shape index (κ3) is 3.02. The molecule has 13 heavy (non-hydrogen) atoms. The number of carbonyl (C=O) groups is 1. The van der Waals surface area contributed by atoms with Crippen LogP contribution in [0.4, 0.5) is 4.39 Å². The van der Waals surface area contributed by atoms with Crippen molar-refractivity contribution in [1.29, 1.82) is 0 Å². The molecule has 0 spiro atoms. The van der Waals surface area contributed by atoms with Crippen LogP contribution in [0, 0.1) is 5.95 Å². The molecule has 0 saturated heterocycles. The first-order chi connectivity index (χ1) is 6.22. The normalized spacial score (nSPS) is 10.3. The van der Waals surface area contributed by atoms with E-state index < -0.39 is 11.9 Å². The summed E-state index contributed by atoms with van der Waals surface area (Å²) in [5.41, 5.74) is 0.380. The van der Waals surface area contributed by atoms with E-state index in [0.717, 1.165) is 0 Å². The predicted molar refractivity (Wildman–Crippen MR) is 45.2 cm³/mol. The van der Waals surface area contributed by atoms with Crippen LogP contribution in [0.25, 0.3) is 6.08 Å². The van der Waals surface area contributed by atoms with Crippen molar-refractivity contribution in [2.45, 2.75) is 0 Å². The van der Waals surface area contributed by atoms with Crippen LogP contribution in [0.1, 0.15) is 5.69 Å². The van der Waals surface area contributed by atoms with E-state index in [0.29, 0.717) is 5.69 Å². The second kappa shape index (κ2) is 4.35. The molecule has 1 aromatic heterocycles. The highest BCUT2D eigenvalue weighted by Crippen LogP contribution is 1.99. The van der Waals surface area contributed by atoms with E-state index in [1.807, 2.05) is 0 Å². The summed E-state index contributed by atoms with van der Waals surface area (Å²) in [6, 6.07) is 4.33. The molecular formula is C9H8FNO2. The van der Waals surface area contributed by atoms with Crippen LogP contribution < -0.4 is 0 Å². The molecule has 0 atom stereocenters. The quantitative estimate of drug-likeness (QED) is 0.393. The lowest BCUT2D eigenvalue weighted by atomic mass is 10.3. The van der Waals surface area contributed by atoms with Gasteiger partial charge in [-0.1, -0.05) is 6.07 Å². The van der Waals surface area contributed by atoms with Crippen LogP contribution in [-0.4, -0.2) is 18.1 Å². The Hall–Kier alpha value is -1.71. The summed E-state index contributed by atoms with van der Waals surface area (Å²) in [6.45, 7) is 0. The van der Waals surface area contributed by atoms with Gasteiger partial charge in [0.05, 0.1) is 12.8 Å². The fourth-order valence-electron chi connectivity index (χ4n) is 0.738. The number of ether oxygens (including phenoxy) is 1. The molecule has 0 radical (unpaired) electrons. The number of carbonyl (C=O) groups excluding carboxylic acids is 1. The predicted octanol–water partition coefficient (Wildman–Crippen LogP) is 1.41. The van der Waals surface area contributed by atoms with Gasteiger partial charge >= 0.3 is 5.97 Å². The lowest BCUT2D eigenvalue weighted by Gasteiger charge is -1.92. The highest BCUT2D eigenvalue weighted by Gasteiger charge is 1.94. The molecule has 0 aliphatic carbocycles. The molecule has 1 heterocycles. The van der Waals surface area contributed by atoms with Gasteiger partial charge in [0, 0.05) is 6.08 Å². The van der Waals surface area contributed by atoms with Crippen LogP contribution in [-0.2, 0) is 9.53 Å². The number of esters is 1. The van der Waals surface area contributed by atoms with E-state index in [1.165, 1.54) is 31.4 Å². The number of halogens is 1. The molecule has 4 heteroatoms. The first kappa shape index (κ1) is 9.38. The van der Waals surface area contributed by atoms with E-state index in [9.17, 15) is 9.18 Å². The second-order valence-corrected chi connectivity index (χ2v) is 2.24. The molecule has 0 aliphatic heterocycles. The Bertz CT molecular complexity index is 336. The van der Waals surface area contributed by atoms with Gasteiger partial charge in [-0.05, 0) is 18.2 Å². The van der Waals surface area contributed by atoms with E-state index in [-0.39, 0.29) is 0 Å². The maximum Gasteiger partial charge on any atom is 0.330 e. The molecule has 0 unspecified atom stereocenters. The smallest absolute Gasteiger partial charge is 0.330 e. The Morgan fingerprint density at radius 2 is 2.38 bits per heavy atom.